The van der Waals surface area contributed by atoms with Crippen LogP contribution in [0.2, 0.25) is 0 Å². The maximum atomic E-state index is 5.64. The lowest BCUT2D eigenvalue weighted by atomic mass is 9.56. The van der Waals surface area contributed by atoms with E-state index in [0.29, 0.717) is 23.6 Å². The first kappa shape index (κ1) is 19.0. The van der Waals surface area contributed by atoms with Crippen LogP contribution in [0.15, 0.2) is 44.0 Å². The molecule has 2 aliphatic rings. The predicted molar refractivity (Wildman–Crippen MR) is 117 cm³/mol. The molecule has 8 heteroatoms. The van der Waals surface area contributed by atoms with Gasteiger partial charge in [-0.05, 0) is 56.4 Å². The highest BCUT2D eigenvalue weighted by molar-refractivity contribution is 9.10. The van der Waals surface area contributed by atoms with Crippen LogP contribution in [0.1, 0.15) is 54.6 Å². The Kier molecular flexibility index (Phi) is 4.06. The van der Waals surface area contributed by atoms with Crippen LogP contribution >= 0.6 is 15.9 Å². The van der Waals surface area contributed by atoms with Crippen molar-refractivity contribution in [3.05, 3.63) is 63.3 Å². The molecule has 0 unspecified atom stereocenters. The molecule has 0 amide bonds. The van der Waals surface area contributed by atoms with E-state index in [1.165, 1.54) is 16.8 Å². The van der Waals surface area contributed by atoms with Crippen molar-refractivity contribution < 1.29 is 9.05 Å². The molecule has 0 radical (unpaired) electrons. The van der Waals surface area contributed by atoms with Gasteiger partial charge in [-0.2, -0.15) is 10.1 Å². The molecule has 0 saturated carbocycles. The van der Waals surface area contributed by atoms with Crippen molar-refractivity contribution in [3.8, 4) is 17.3 Å². The van der Waals surface area contributed by atoms with E-state index in [4.69, 9.17) is 14.1 Å². The smallest absolute Gasteiger partial charge is 0.278 e. The van der Waals surface area contributed by atoms with Crippen LogP contribution < -0.4 is 0 Å². The molecule has 7 nitrogen and oxygen atoms in total. The van der Waals surface area contributed by atoms with E-state index in [9.17, 15) is 0 Å². The van der Waals surface area contributed by atoms with Crippen molar-refractivity contribution in [2.24, 2.45) is 5.92 Å². The molecule has 0 N–H and O–H groups in total. The number of nitrogens with zero attached hydrogens (tertiary/aromatic N) is 5. The van der Waals surface area contributed by atoms with Crippen molar-refractivity contribution in [1.29, 1.82) is 0 Å². The van der Waals surface area contributed by atoms with E-state index in [-0.39, 0.29) is 5.41 Å². The summed E-state index contributed by atoms with van der Waals surface area (Å²) in [5, 5.41) is 13.2. The first-order valence-electron chi connectivity index (χ1n) is 10.6. The third-order valence-corrected chi connectivity index (χ3v) is 7.63. The third kappa shape index (κ3) is 2.70. The Labute approximate surface area is 188 Å². The van der Waals surface area contributed by atoms with Crippen molar-refractivity contribution in [1.82, 2.24) is 25.1 Å². The summed E-state index contributed by atoms with van der Waals surface area (Å²) in [4.78, 5) is 4.49. The molecule has 31 heavy (non-hydrogen) atoms. The van der Waals surface area contributed by atoms with E-state index in [1.54, 1.807) is 0 Å². The number of rotatable bonds is 2. The summed E-state index contributed by atoms with van der Waals surface area (Å²) in [6.45, 7) is 6.46. The van der Waals surface area contributed by atoms with Gasteiger partial charge in [-0.15, -0.1) is 0 Å². The van der Waals surface area contributed by atoms with Gasteiger partial charge in [0.2, 0.25) is 0 Å². The maximum absolute atomic E-state index is 5.64. The van der Waals surface area contributed by atoms with Gasteiger partial charge in [0.1, 0.15) is 5.76 Å². The quantitative estimate of drug-likeness (QED) is 0.394. The zero-order chi connectivity index (χ0) is 21.3. The molecule has 6 rings (SSSR count). The zero-order valence-corrected chi connectivity index (χ0v) is 19.2. The van der Waals surface area contributed by atoms with Gasteiger partial charge in [0.25, 0.3) is 5.89 Å². The van der Waals surface area contributed by atoms with Gasteiger partial charge in [-0.25, -0.2) is 4.68 Å². The van der Waals surface area contributed by atoms with Crippen LogP contribution in [-0.4, -0.2) is 25.1 Å². The molecule has 3 heterocycles. The van der Waals surface area contributed by atoms with Crippen LogP contribution in [0.25, 0.3) is 17.3 Å². The molecule has 3 atom stereocenters. The van der Waals surface area contributed by atoms with Crippen molar-refractivity contribution in [2.45, 2.75) is 51.4 Å². The van der Waals surface area contributed by atoms with E-state index in [1.807, 2.05) is 25.3 Å². The SMILES string of the molecule is Cc1noc(-c2nn(-c3ccc(Br)cc3)c3c2CC[C@@H]2[C@@H](C)c4oncc4C[C@@]32C)n1. The highest BCUT2D eigenvalue weighted by atomic mass is 79.9. The molecule has 2 aliphatic carbocycles. The number of halogens is 1. The number of aryl methyl sites for hydroxylation is 1. The minimum absolute atomic E-state index is 0.112. The Morgan fingerprint density at radius 2 is 2.00 bits per heavy atom. The van der Waals surface area contributed by atoms with Crippen LogP contribution in [0.4, 0.5) is 0 Å². The lowest BCUT2D eigenvalue weighted by molar-refractivity contribution is 0.170. The molecule has 0 fully saturated rings. The maximum Gasteiger partial charge on any atom is 0.278 e. The standard InChI is InChI=1S/C23H22BrN5O2/c1-12-18-9-8-17-19(22-26-13(2)28-31-22)27-29(16-6-4-15(24)5-7-16)21(17)23(18,3)10-14-11-25-30-20(12)14/h4-7,11-12,18H,8-10H2,1-3H3/t12-,18-,23-/m1/s1. The van der Waals surface area contributed by atoms with Crippen LogP contribution in [-0.2, 0) is 18.3 Å². The molecule has 4 aromatic rings. The Hall–Kier alpha value is -2.74. The van der Waals surface area contributed by atoms with Gasteiger partial charge in [0.15, 0.2) is 11.5 Å². The third-order valence-electron chi connectivity index (χ3n) is 7.10. The van der Waals surface area contributed by atoms with E-state index >= 15 is 0 Å². The summed E-state index contributed by atoms with van der Waals surface area (Å²) in [6, 6.07) is 8.27. The summed E-state index contributed by atoms with van der Waals surface area (Å²) in [5.74, 6) is 2.87. The number of benzene rings is 1. The Bertz CT molecular complexity index is 1290. The molecule has 1 aromatic carbocycles. The second-order valence-electron chi connectivity index (χ2n) is 8.95. The van der Waals surface area contributed by atoms with Crippen molar-refractivity contribution in [3.63, 3.8) is 0 Å². The molecule has 158 valence electrons. The summed E-state index contributed by atoms with van der Waals surface area (Å²) < 4.78 is 14.3. The van der Waals surface area contributed by atoms with E-state index < -0.39 is 0 Å². The van der Waals surface area contributed by atoms with Crippen LogP contribution in [0, 0.1) is 12.8 Å². The fourth-order valence-corrected chi connectivity index (χ4v) is 6.04. The van der Waals surface area contributed by atoms with Gasteiger partial charge >= 0.3 is 0 Å². The van der Waals surface area contributed by atoms with E-state index in [2.05, 4.69) is 61.9 Å². The summed E-state index contributed by atoms with van der Waals surface area (Å²) in [5.41, 5.74) is 5.33. The van der Waals surface area contributed by atoms with Gasteiger partial charge in [0, 0.05) is 26.9 Å². The lowest BCUT2D eigenvalue weighted by Gasteiger charge is -2.47. The fourth-order valence-electron chi connectivity index (χ4n) is 5.77. The summed E-state index contributed by atoms with van der Waals surface area (Å²) in [6.07, 6.45) is 4.72. The number of aromatic nitrogens is 5. The average Bonchev–Trinajstić information content (AvgIpc) is 3.47. The van der Waals surface area contributed by atoms with Gasteiger partial charge in [0.05, 0.1) is 17.6 Å². The monoisotopic (exact) mass is 479 g/mol. The van der Waals surface area contributed by atoms with Gasteiger partial charge < -0.3 is 9.05 Å². The second-order valence-corrected chi connectivity index (χ2v) is 9.87. The van der Waals surface area contributed by atoms with Crippen LogP contribution in [0.5, 0.6) is 0 Å². The minimum atomic E-state index is -0.112. The van der Waals surface area contributed by atoms with Crippen molar-refractivity contribution in [2.75, 3.05) is 0 Å². The summed E-state index contributed by atoms with van der Waals surface area (Å²) >= 11 is 3.54. The number of hydrogen-bond donors (Lipinski definition) is 0. The normalized spacial score (nSPS) is 24.5. The molecular formula is C23H22BrN5O2. The molecular weight excluding hydrogens is 458 g/mol. The molecule has 0 bridgehead atoms. The molecule has 0 aliphatic heterocycles. The van der Waals surface area contributed by atoms with Gasteiger partial charge in [-0.3, -0.25) is 0 Å². The average molecular weight is 480 g/mol. The largest absolute Gasteiger partial charge is 0.361 e. The highest BCUT2D eigenvalue weighted by Gasteiger charge is 2.52. The number of hydrogen-bond acceptors (Lipinski definition) is 6. The number of fused-ring (bicyclic) bond motifs is 4. The Morgan fingerprint density at radius 3 is 2.74 bits per heavy atom. The highest BCUT2D eigenvalue weighted by Crippen LogP contribution is 2.55. The second kappa shape index (κ2) is 6.63. The Morgan fingerprint density at radius 1 is 1.19 bits per heavy atom. The fraction of sp³-hybridized carbons (Fsp3) is 0.391. The topological polar surface area (TPSA) is 82.8 Å². The molecule has 0 spiro atoms. The Balaban J connectivity index is 1.61. The zero-order valence-electron chi connectivity index (χ0n) is 17.6. The minimum Gasteiger partial charge on any atom is -0.361 e. The lowest BCUT2D eigenvalue weighted by Crippen LogP contribution is -2.45. The molecule has 0 saturated heterocycles. The first-order chi connectivity index (χ1) is 15.0. The molecule has 3 aromatic heterocycles. The van der Waals surface area contributed by atoms with Gasteiger partial charge in [-0.1, -0.05) is 40.1 Å². The predicted octanol–water partition coefficient (Wildman–Crippen LogP) is 5.16. The van der Waals surface area contributed by atoms with E-state index in [0.717, 1.165) is 40.9 Å². The van der Waals surface area contributed by atoms with Crippen LogP contribution in [0.3, 0.4) is 0 Å². The van der Waals surface area contributed by atoms with Crippen molar-refractivity contribution >= 4 is 15.9 Å². The summed E-state index contributed by atoms with van der Waals surface area (Å²) in [7, 11) is 0. The first-order valence-corrected chi connectivity index (χ1v) is 11.4.